The third kappa shape index (κ3) is 3.45. The molecule has 0 radical (unpaired) electrons. The Morgan fingerprint density at radius 2 is 1.93 bits per heavy atom. The molecule has 11 heteroatoms. The first-order valence-electron chi connectivity index (χ1n) is 8.58. The summed E-state index contributed by atoms with van der Waals surface area (Å²) in [4.78, 5) is 46.5. The molecule has 1 N–H and O–H groups in total. The van der Waals surface area contributed by atoms with E-state index in [1.165, 1.54) is 0 Å². The van der Waals surface area contributed by atoms with Crippen LogP contribution >= 0.6 is 0 Å². The molecule has 0 aromatic carbocycles. The van der Waals surface area contributed by atoms with Gasteiger partial charge in [0.15, 0.2) is 0 Å². The summed E-state index contributed by atoms with van der Waals surface area (Å²) in [5.41, 5.74) is -1.64. The van der Waals surface area contributed by atoms with Gasteiger partial charge in [-0.25, -0.2) is 4.79 Å². The van der Waals surface area contributed by atoms with E-state index in [2.05, 4.69) is 11.3 Å². The van der Waals surface area contributed by atoms with Gasteiger partial charge in [0.05, 0.1) is 18.4 Å². The molecular formula is C17H17F3O8. The van der Waals surface area contributed by atoms with Crippen LogP contribution in [0.3, 0.4) is 0 Å². The van der Waals surface area contributed by atoms with E-state index in [0.29, 0.717) is 6.42 Å². The van der Waals surface area contributed by atoms with Gasteiger partial charge in [-0.15, -0.1) is 0 Å². The van der Waals surface area contributed by atoms with Crippen molar-refractivity contribution in [1.82, 2.24) is 0 Å². The van der Waals surface area contributed by atoms with E-state index in [0.717, 1.165) is 0 Å². The molecule has 154 valence electrons. The van der Waals surface area contributed by atoms with Gasteiger partial charge in [0.25, 0.3) is 0 Å². The van der Waals surface area contributed by atoms with Crippen LogP contribution in [0.2, 0.25) is 0 Å². The van der Waals surface area contributed by atoms with Gasteiger partial charge in [0.1, 0.15) is 17.8 Å². The lowest BCUT2D eigenvalue weighted by Crippen LogP contribution is -2.43. The van der Waals surface area contributed by atoms with Gasteiger partial charge < -0.3 is 19.3 Å². The zero-order chi connectivity index (χ0) is 20.8. The van der Waals surface area contributed by atoms with Crippen molar-refractivity contribution in [2.24, 2.45) is 23.7 Å². The number of hydrogen-bond acceptors (Lipinski definition) is 7. The smallest absolute Gasteiger partial charge is 0.422 e. The number of fused-ring (bicyclic) bond motifs is 1. The number of carbonyl (C=O) groups excluding carboxylic acids is 3. The van der Waals surface area contributed by atoms with Crippen LogP contribution in [0.15, 0.2) is 12.2 Å². The summed E-state index contributed by atoms with van der Waals surface area (Å²) in [7, 11) is 0. The van der Waals surface area contributed by atoms with E-state index in [4.69, 9.17) is 9.47 Å². The third-order valence-electron chi connectivity index (χ3n) is 5.45. The Kier molecular flexibility index (Phi) is 5.11. The summed E-state index contributed by atoms with van der Waals surface area (Å²) in [5.74, 6) is -6.62. The summed E-state index contributed by atoms with van der Waals surface area (Å²) in [5, 5.41) is 9.37. The minimum Gasteiger partial charge on any atom is -0.481 e. The SMILES string of the molecule is C=C(C(=O)OCCCC(=O)OC1C2CC3C1OC(=O)C3C2C(=O)O)C(F)(F)F. The molecule has 0 spiro atoms. The van der Waals surface area contributed by atoms with Crippen molar-refractivity contribution >= 4 is 23.9 Å². The van der Waals surface area contributed by atoms with Gasteiger partial charge in [-0.05, 0) is 12.8 Å². The van der Waals surface area contributed by atoms with Crippen molar-refractivity contribution in [2.45, 2.75) is 37.6 Å². The molecule has 0 aromatic rings. The number of ether oxygens (including phenoxy) is 3. The Labute approximate surface area is 156 Å². The Morgan fingerprint density at radius 3 is 2.54 bits per heavy atom. The van der Waals surface area contributed by atoms with E-state index < -0.39 is 72.2 Å². The molecule has 2 bridgehead atoms. The Balaban J connectivity index is 1.47. The maximum atomic E-state index is 12.3. The first-order valence-corrected chi connectivity index (χ1v) is 8.58. The van der Waals surface area contributed by atoms with Crippen LogP contribution in [0.4, 0.5) is 13.2 Å². The number of carboxylic acids is 1. The highest BCUT2D eigenvalue weighted by molar-refractivity contribution is 5.89. The van der Waals surface area contributed by atoms with E-state index in [-0.39, 0.29) is 18.8 Å². The van der Waals surface area contributed by atoms with Crippen molar-refractivity contribution in [3.63, 3.8) is 0 Å². The number of alkyl halides is 3. The fourth-order valence-corrected chi connectivity index (χ4v) is 4.28. The van der Waals surface area contributed by atoms with Crippen LogP contribution < -0.4 is 0 Å². The lowest BCUT2D eigenvalue weighted by molar-refractivity contribution is -0.165. The lowest BCUT2D eigenvalue weighted by Gasteiger charge is -2.29. The summed E-state index contributed by atoms with van der Waals surface area (Å²) < 4.78 is 51.7. The second kappa shape index (κ2) is 7.10. The molecule has 1 heterocycles. The zero-order valence-corrected chi connectivity index (χ0v) is 14.4. The molecule has 3 fully saturated rings. The van der Waals surface area contributed by atoms with Gasteiger partial charge >= 0.3 is 30.1 Å². The maximum absolute atomic E-state index is 12.3. The maximum Gasteiger partial charge on any atom is 0.422 e. The largest absolute Gasteiger partial charge is 0.481 e. The molecule has 6 atom stereocenters. The van der Waals surface area contributed by atoms with E-state index in [1.807, 2.05) is 0 Å². The normalized spacial score (nSPS) is 32.8. The van der Waals surface area contributed by atoms with E-state index >= 15 is 0 Å². The number of halogens is 3. The highest BCUT2D eigenvalue weighted by atomic mass is 19.4. The quantitative estimate of drug-likeness (QED) is 0.291. The summed E-state index contributed by atoms with van der Waals surface area (Å²) in [6.45, 7) is 2.15. The topological polar surface area (TPSA) is 116 Å². The van der Waals surface area contributed by atoms with Gasteiger partial charge in [-0.1, -0.05) is 6.58 Å². The second-order valence-corrected chi connectivity index (χ2v) is 7.02. The van der Waals surface area contributed by atoms with Crippen molar-refractivity contribution in [3.8, 4) is 0 Å². The van der Waals surface area contributed by atoms with Crippen LogP contribution in [0.1, 0.15) is 19.3 Å². The highest BCUT2D eigenvalue weighted by Gasteiger charge is 2.69. The number of esters is 3. The number of carbonyl (C=O) groups is 4. The predicted molar refractivity (Wildman–Crippen MR) is 81.4 cm³/mol. The average Bonchev–Trinajstić information content (AvgIpc) is 3.20. The van der Waals surface area contributed by atoms with E-state index in [1.54, 1.807) is 0 Å². The Hall–Kier alpha value is -2.59. The first-order chi connectivity index (χ1) is 13.0. The third-order valence-corrected chi connectivity index (χ3v) is 5.45. The number of rotatable bonds is 7. The number of hydrogen-bond donors (Lipinski definition) is 1. The monoisotopic (exact) mass is 406 g/mol. The van der Waals surface area contributed by atoms with Crippen LogP contribution in [0, 0.1) is 23.7 Å². The van der Waals surface area contributed by atoms with Gasteiger partial charge in [0.2, 0.25) is 0 Å². The van der Waals surface area contributed by atoms with Gasteiger partial charge in [-0.2, -0.15) is 13.2 Å². The molecule has 1 aliphatic heterocycles. The number of carboxylic acid groups (broad SMARTS) is 1. The molecule has 1 saturated heterocycles. The van der Waals surface area contributed by atoms with Gasteiger partial charge in [0, 0.05) is 18.3 Å². The van der Waals surface area contributed by atoms with E-state index in [9.17, 15) is 37.5 Å². The fourth-order valence-electron chi connectivity index (χ4n) is 4.28. The predicted octanol–water partition coefficient (Wildman–Crippen LogP) is 1.23. The molecule has 8 nitrogen and oxygen atoms in total. The van der Waals surface area contributed by atoms with Crippen molar-refractivity contribution in [3.05, 3.63) is 12.2 Å². The van der Waals surface area contributed by atoms with Crippen LogP contribution in [-0.2, 0) is 33.4 Å². The lowest BCUT2D eigenvalue weighted by atomic mass is 9.78. The van der Waals surface area contributed by atoms with Crippen molar-refractivity contribution in [1.29, 1.82) is 0 Å². The first kappa shape index (κ1) is 20.2. The zero-order valence-electron chi connectivity index (χ0n) is 14.4. The molecule has 0 aromatic heterocycles. The van der Waals surface area contributed by atoms with Crippen LogP contribution in [-0.4, -0.2) is 54.0 Å². The van der Waals surface area contributed by atoms with Crippen LogP contribution in [0.5, 0.6) is 0 Å². The average molecular weight is 406 g/mol. The molecule has 2 saturated carbocycles. The summed E-state index contributed by atoms with van der Waals surface area (Å²) in [6.07, 6.45) is -6.38. The molecule has 3 rings (SSSR count). The summed E-state index contributed by atoms with van der Waals surface area (Å²) in [6, 6.07) is 0. The van der Waals surface area contributed by atoms with Gasteiger partial charge in [-0.3, -0.25) is 14.4 Å². The molecule has 3 aliphatic rings. The molecular weight excluding hydrogens is 389 g/mol. The molecule has 0 amide bonds. The molecule has 6 unspecified atom stereocenters. The Morgan fingerprint density at radius 1 is 1.25 bits per heavy atom. The highest BCUT2D eigenvalue weighted by Crippen LogP contribution is 2.58. The minimum absolute atomic E-state index is 0.0913. The second-order valence-electron chi connectivity index (χ2n) is 7.02. The Bertz CT molecular complexity index is 730. The minimum atomic E-state index is -4.89. The van der Waals surface area contributed by atoms with Crippen molar-refractivity contribution < 1.29 is 51.7 Å². The fraction of sp³-hybridized carbons (Fsp3) is 0.647. The molecule has 28 heavy (non-hydrogen) atoms. The molecule has 2 aliphatic carbocycles. The number of aliphatic carboxylic acids is 1. The standard InChI is InChI=1S/C17H17F3O8/c1-6(17(18,19)20)15(24)26-4-2-3-9(21)27-12-7-5-8-11(10(7)14(22)23)16(25)28-13(8)12/h7-8,10-13H,1-5H2,(H,22,23). The van der Waals surface area contributed by atoms with Crippen molar-refractivity contribution in [2.75, 3.05) is 6.61 Å². The van der Waals surface area contributed by atoms with Crippen LogP contribution in [0.25, 0.3) is 0 Å². The summed E-state index contributed by atoms with van der Waals surface area (Å²) >= 11 is 0.